The Morgan fingerprint density at radius 3 is 2.69 bits per heavy atom. The van der Waals surface area contributed by atoms with Gasteiger partial charge in [-0.25, -0.2) is 8.60 Å². The lowest BCUT2D eigenvalue weighted by Gasteiger charge is -2.15. The third kappa shape index (κ3) is 5.68. The molecule has 1 amide bonds. The van der Waals surface area contributed by atoms with Crippen molar-refractivity contribution in [3.63, 3.8) is 0 Å². The number of benzene rings is 2. The number of aromatic amines is 1. The Hall–Kier alpha value is -3.72. The smallest absolute Gasteiger partial charge is 0.261 e. The molecule has 1 atom stereocenters. The molecule has 0 bridgehead atoms. The Kier molecular flexibility index (Phi) is 7.45. The minimum absolute atomic E-state index is 0.00922. The number of hydrogen-bond acceptors (Lipinski definition) is 5. The quantitative estimate of drug-likeness (QED) is 0.504. The first-order valence-corrected chi connectivity index (χ1v) is 12.8. The number of amides is 1. The van der Waals surface area contributed by atoms with Gasteiger partial charge in [-0.15, -0.1) is 0 Å². The number of methoxy groups -OCH3 is 1. The number of rotatable bonds is 7. The molecule has 4 rings (SSSR count). The van der Waals surface area contributed by atoms with E-state index in [0.29, 0.717) is 5.69 Å². The number of halogens is 1. The number of nitrogens with one attached hydrogen (secondary N) is 2. The van der Waals surface area contributed by atoms with Crippen molar-refractivity contribution in [2.45, 2.75) is 30.6 Å². The van der Waals surface area contributed by atoms with Crippen molar-refractivity contribution >= 4 is 21.3 Å². The van der Waals surface area contributed by atoms with Crippen LogP contribution >= 0.6 is 0 Å². The predicted octanol–water partition coefficient (Wildman–Crippen LogP) is 4.50. The molecule has 0 saturated heterocycles. The lowest BCUT2D eigenvalue weighted by Crippen LogP contribution is -2.31. The van der Waals surface area contributed by atoms with Crippen LogP contribution in [0, 0.1) is 5.82 Å². The minimum Gasteiger partial charge on any atom is -0.494 e. The molecule has 9 heteroatoms. The van der Waals surface area contributed by atoms with Gasteiger partial charge < -0.3 is 15.0 Å². The van der Waals surface area contributed by atoms with Crippen LogP contribution in [0.15, 0.2) is 80.1 Å². The zero-order valence-electron chi connectivity index (χ0n) is 19.3. The summed E-state index contributed by atoms with van der Waals surface area (Å²) in [6, 6.07) is 14.4. The number of aromatic nitrogens is 1. The second-order valence-corrected chi connectivity index (χ2v) is 10.2. The largest absolute Gasteiger partial charge is 0.494 e. The summed E-state index contributed by atoms with van der Waals surface area (Å²) in [5, 5.41) is 4.00. The van der Waals surface area contributed by atoms with E-state index < -0.39 is 27.0 Å². The van der Waals surface area contributed by atoms with Crippen molar-refractivity contribution < 1.29 is 18.1 Å². The lowest BCUT2D eigenvalue weighted by atomic mass is 9.95. The fourth-order valence-corrected chi connectivity index (χ4v) is 5.56. The van der Waals surface area contributed by atoms with Gasteiger partial charge in [0.15, 0.2) is 11.6 Å². The molecule has 2 aromatic carbocycles. The summed E-state index contributed by atoms with van der Waals surface area (Å²) in [5.41, 5.74) is 1.96. The van der Waals surface area contributed by atoms with Crippen molar-refractivity contribution in [1.29, 1.82) is 0 Å². The maximum Gasteiger partial charge on any atom is 0.261 e. The van der Waals surface area contributed by atoms with Crippen LogP contribution in [-0.4, -0.2) is 28.8 Å². The van der Waals surface area contributed by atoms with Crippen molar-refractivity contribution in [2.24, 2.45) is 4.36 Å². The van der Waals surface area contributed by atoms with Gasteiger partial charge in [-0.2, -0.15) is 4.36 Å². The molecule has 0 spiro atoms. The Balaban J connectivity index is 1.57. The highest BCUT2D eigenvalue weighted by Gasteiger charge is 2.17. The van der Waals surface area contributed by atoms with Crippen LogP contribution in [0.1, 0.15) is 34.5 Å². The highest BCUT2D eigenvalue weighted by Crippen LogP contribution is 2.26. The van der Waals surface area contributed by atoms with E-state index in [-0.39, 0.29) is 22.8 Å². The van der Waals surface area contributed by atoms with Gasteiger partial charge in [-0.3, -0.25) is 9.59 Å². The molecule has 182 valence electrons. The number of fused-ring (bicyclic) bond motifs is 1. The molecule has 0 saturated carbocycles. The molecule has 1 aromatic heterocycles. The summed E-state index contributed by atoms with van der Waals surface area (Å²) in [6.07, 6.45) is 5.16. The molecule has 7 nitrogen and oxygen atoms in total. The third-order valence-corrected chi connectivity index (χ3v) is 7.67. The summed E-state index contributed by atoms with van der Waals surface area (Å²) in [4.78, 5) is 28.0. The third-order valence-electron chi connectivity index (χ3n) is 5.70. The number of ether oxygens (including phenoxy) is 1. The van der Waals surface area contributed by atoms with E-state index in [1.807, 2.05) is 6.07 Å². The van der Waals surface area contributed by atoms with Crippen molar-refractivity contribution in [3.05, 3.63) is 99.1 Å². The number of pyridine rings is 1. The first-order chi connectivity index (χ1) is 16.9. The molecule has 0 fully saturated rings. The Morgan fingerprint density at radius 1 is 1.17 bits per heavy atom. The second kappa shape index (κ2) is 10.7. The van der Waals surface area contributed by atoms with Crippen LogP contribution in [0.3, 0.4) is 0 Å². The molecule has 3 aromatic rings. The van der Waals surface area contributed by atoms with E-state index in [0.717, 1.165) is 43.0 Å². The van der Waals surface area contributed by atoms with Gasteiger partial charge in [0, 0.05) is 17.6 Å². The van der Waals surface area contributed by atoms with Gasteiger partial charge in [0.1, 0.15) is 15.3 Å². The number of nitrogens with zero attached hydrogens (tertiary/aromatic N) is 1. The van der Waals surface area contributed by atoms with Crippen LogP contribution in [0.2, 0.25) is 0 Å². The number of H-pyrrole nitrogens is 1. The van der Waals surface area contributed by atoms with E-state index in [1.165, 1.54) is 30.7 Å². The summed E-state index contributed by atoms with van der Waals surface area (Å²) in [7, 11) is -1.87. The average Bonchev–Trinajstić information content (AvgIpc) is 2.86. The normalized spacial score (nSPS) is 14.7. The fraction of sp³-hybridized carbons (Fsp3) is 0.231. The summed E-state index contributed by atoms with van der Waals surface area (Å²) in [5.74, 6) is -1.15. The number of carbonyl (C=O) groups excluding carboxylic acids is 1. The predicted molar refractivity (Wildman–Crippen MR) is 133 cm³/mol. The fourth-order valence-electron chi connectivity index (χ4n) is 3.91. The Morgan fingerprint density at radius 2 is 1.94 bits per heavy atom. The number of hydrogen-bond donors (Lipinski definition) is 2. The Labute approximate surface area is 203 Å². The first-order valence-electron chi connectivity index (χ1n) is 11.3. The van der Waals surface area contributed by atoms with Gasteiger partial charge in [-0.05, 0) is 67.6 Å². The standard InChI is InChI=1S/C26H26FN3O4S/c1-34-24-13-12-20(17-22(24)27)35(33,30-19-9-3-2-4-10-19)15-7-14-28-25(31)21-16-18-8-5-6-11-23(18)29-26(21)32/h2-4,7,9-10,12-13,15-17H,5-6,8,11,14H2,1H3,(H,28,31)(H,29,32)/b15-7+. The van der Waals surface area contributed by atoms with Crippen LogP contribution < -0.4 is 15.6 Å². The highest BCUT2D eigenvalue weighted by atomic mass is 32.2. The molecule has 1 heterocycles. The maximum absolute atomic E-state index is 14.4. The van der Waals surface area contributed by atoms with Crippen LogP contribution in [0.25, 0.3) is 0 Å². The van der Waals surface area contributed by atoms with Crippen molar-refractivity contribution in [1.82, 2.24) is 10.3 Å². The topological polar surface area (TPSA) is 101 Å². The monoisotopic (exact) mass is 495 g/mol. The van der Waals surface area contributed by atoms with Gasteiger partial charge in [0.05, 0.1) is 17.7 Å². The molecule has 1 unspecified atom stereocenters. The van der Waals surface area contributed by atoms with Gasteiger partial charge in [0.2, 0.25) is 0 Å². The molecule has 0 radical (unpaired) electrons. The van der Waals surface area contributed by atoms with Crippen LogP contribution in [0.4, 0.5) is 10.1 Å². The lowest BCUT2D eigenvalue weighted by molar-refractivity contribution is 0.0956. The second-order valence-electron chi connectivity index (χ2n) is 8.10. The molecule has 0 aliphatic heterocycles. The minimum atomic E-state index is -3.22. The van der Waals surface area contributed by atoms with Gasteiger partial charge in [0.25, 0.3) is 11.5 Å². The van der Waals surface area contributed by atoms with E-state index in [9.17, 15) is 18.2 Å². The van der Waals surface area contributed by atoms with Crippen molar-refractivity contribution in [3.8, 4) is 5.75 Å². The van der Waals surface area contributed by atoms with E-state index in [4.69, 9.17) is 4.74 Å². The highest BCUT2D eigenvalue weighted by molar-refractivity contribution is 7.96. The average molecular weight is 496 g/mol. The van der Waals surface area contributed by atoms with Crippen molar-refractivity contribution in [2.75, 3.05) is 13.7 Å². The van der Waals surface area contributed by atoms with E-state index in [2.05, 4.69) is 14.7 Å². The molecule has 1 aliphatic rings. The molecular weight excluding hydrogens is 469 g/mol. The molecule has 2 N–H and O–H groups in total. The zero-order chi connectivity index (χ0) is 24.8. The summed E-state index contributed by atoms with van der Waals surface area (Å²) in [6.45, 7) is 0.00922. The van der Waals surface area contributed by atoms with Crippen LogP contribution in [0.5, 0.6) is 5.75 Å². The molecule has 1 aliphatic carbocycles. The van der Waals surface area contributed by atoms with E-state index in [1.54, 1.807) is 30.3 Å². The summed E-state index contributed by atoms with van der Waals surface area (Å²) < 4.78 is 37.5. The number of aryl methyl sites for hydroxylation is 2. The SMILES string of the molecule is COc1ccc(S(=O)(/C=C/CNC(=O)c2cc3c([nH]c2=O)CCCC3)=Nc2ccccc2)cc1F. The Bertz CT molecular complexity index is 1440. The molecule has 35 heavy (non-hydrogen) atoms. The number of carbonyl (C=O) groups is 1. The maximum atomic E-state index is 14.4. The van der Waals surface area contributed by atoms with Gasteiger partial charge >= 0.3 is 0 Å². The van der Waals surface area contributed by atoms with E-state index >= 15 is 0 Å². The zero-order valence-corrected chi connectivity index (χ0v) is 20.1. The van der Waals surface area contributed by atoms with Crippen LogP contribution in [-0.2, 0) is 22.6 Å². The summed E-state index contributed by atoms with van der Waals surface area (Å²) >= 11 is 0. The molecular formula is C26H26FN3O4S. The van der Waals surface area contributed by atoms with Gasteiger partial charge in [-0.1, -0.05) is 24.3 Å². The first kappa shape index (κ1) is 24.4.